The number of hydrogen-bond acceptors (Lipinski definition) is 4. The molecule has 0 amide bonds. The average Bonchev–Trinajstić information content (AvgIpc) is 3.17. The normalized spacial score (nSPS) is 17.9. The first kappa shape index (κ1) is 13.9. The first-order valence-electron chi connectivity index (χ1n) is 7.38. The minimum atomic E-state index is 0.228. The molecule has 5 heteroatoms. The Morgan fingerprint density at radius 2 is 2.38 bits per heavy atom. The van der Waals surface area contributed by atoms with E-state index in [4.69, 9.17) is 9.47 Å². The summed E-state index contributed by atoms with van der Waals surface area (Å²) in [5.41, 5.74) is 3.22. The van der Waals surface area contributed by atoms with Crippen LogP contribution in [0.4, 0.5) is 5.69 Å². The van der Waals surface area contributed by atoms with Gasteiger partial charge in [-0.05, 0) is 43.5 Å². The Balaban J connectivity index is 1.64. The maximum absolute atomic E-state index is 5.96. The van der Waals surface area contributed by atoms with Gasteiger partial charge >= 0.3 is 0 Å². The maximum atomic E-state index is 5.96. The lowest BCUT2D eigenvalue weighted by Gasteiger charge is -2.16. The Bertz CT molecular complexity index is 563. The third-order valence-corrected chi connectivity index (χ3v) is 3.61. The molecule has 0 saturated carbocycles. The Morgan fingerprint density at radius 3 is 3.14 bits per heavy atom. The molecular formula is C16H21N3O2. The number of aromatic amines is 1. The Morgan fingerprint density at radius 1 is 1.43 bits per heavy atom. The molecular weight excluding hydrogens is 266 g/mol. The minimum Gasteiger partial charge on any atom is -0.489 e. The third kappa shape index (κ3) is 3.76. The van der Waals surface area contributed by atoms with Crippen molar-refractivity contribution in [3.63, 3.8) is 0 Å². The van der Waals surface area contributed by atoms with E-state index in [-0.39, 0.29) is 6.10 Å². The van der Waals surface area contributed by atoms with Crippen molar-refractivity contribution in [2.24, 2.45) is 0 Å². The topological polar surface area (TPSA) is 59.2 Å². The van der Waals surface area contributed by atoms with Crippen molar-refractivity contribution in [2.75, 3.05) is 18.5 Å². The van der Waals surface area contributed by atoms with E-state index in [2.05, 4.69) is 40.6 Å². The fourth-order valence-corrected chi connectivity index (χ4v) is 2.43. The molecule has 2 aromatic rings. The summed E-state index contributed by atoms with van der Waals surface area (Å²) < 4.78 is 11.6. The summed E-state index contributed by atoms with van der Waals surface area (Å²) in [4.78, 5) is 0. The zero-order valence-corrected chi connectivity index (χ0v) is 12.3. The van der Waals surface area contributed by atoms with Gasteiger partial charge in [0.05, 0.1) is 24.0 Å². The van der Waals surface area contributed by atoms with Crippen molar-refractivity contribution in [2.45, 2.75) is 32.4 Å². The molecule has 1 unspecified atom stereocenters. The number of hydrogen-bond donors (Lipinski definition) is 2. The van der Waals surface area contributed by atoms with Crippen LogP contribution in [0.25, 0.3) is 0 Å². The Kier molecular flexibility index (Phi) is 4.40. The van der Waals surface area contributed by atoms with E-state index in [1.54, 1.807) is 6.20 Å². The van der Waals surface area contributed by atoms with E-state index < -0.39 is 0 Å². The smallest absolute Gasteiger partial charge is 0.142 e. The molecule has 1 atom stereocenters. The summed E-state index contributed by atoms with van der Waals surface area (Å²) in [5, 5.41) is 10.3. The molecule has 3 rings (SSSR count). The highest BCUT2D eigenvalue weighted by Crippen LogP contribution is 2.27. The molecule has 0 bridgehead atoms. The summed E-state index contributed by atoms with van der Waals surface area (Å²) in [6, 6.07) is 8.14. The molecule has 0 radical (unpaired) electrons. The fraction of sp³-hybridized carbons (Fsp3) is 0.438. The molecule has 21 heavy (non-hydrogen) atoms. The number of anilines is 1. The van der Waals surface area contributed by atoms with Crippen molar-refractivity contribution in [3.05, 3.63) is 41.7 Å². The predicted molar refractivity (Wildman–Crippen MR) is 81.6 cm³/mol. The summed E-state index contributed by atoms with van der Waals surface area (Å²) in [6.07, 6.45) is 4.20. The number of aryl methyl sites for hydroxylation is 1. The van der Waals surface area contributed by atoms with Gasteiger partial charge in [-0.25, -0.2) is 0 Å². The van der Waals surface area contributed by atoms with Gasteiger partial charge < -0.3 is 14.8 Å². The van der Waals surface area contributed by atoms with E-state index >= 15 is 0 Å². The lowest BCUT2D eigenvalue weighted by Crippen LogP contribution is -2.17. The molecule has 1 aromatic heterocycles. The van der Waals surface area contributed by atoms with E-state index in [1.807, 2.05) is 6.07 Å². The highest BCUT2D eigenvalue weighted by atomic mass is 16.5. The van der Waals surface area contributed by atoms with Crippen molar-refractivity contribution in [3.8, 4) is 5.75 Å². The van der Waals surface area contributed by atoms with Crippen molar-refractivity contribution >= 4 is 5.69 Å². The number of nitrogens with one attached hydrogen (secondary N) is 2. The average molecular weight is 287 g/mol. The van der Waals surface area contributed by atoms with Crippen molar-refractivity contribution < 1.29 is 9.47 Å². The van der Waals surface area contributed by atoms with Crippen LogP contribution in [-0.4, -0.2) is 29.5 Å². The first-order chi connectivity index (χ1) is 10.3. The highest BCUT2D eigenvalue weighted by molar-refractivity contribution is 5.57. The molecule has 112 valence electrons. The summed E-state index contributed by atoms with van der Waals surface area (Å²) >= 11 is 0. The number of benzene rings is 1. The van der Waals surface area contributed by atoms with Gasteiger partial charge in [0.2, 0.25) is 0 Å². The van der Waals surface area contributed by atoms with Gasteiger partial charge in [-0.2, -0.15) is 5.10 Å². The number of aromatic nitrogens is 2. The highest BCUT2D eigenvalue weighted by Gasteiger charge is 2.16. The molecule has 0 spiro atoms. The van der Waals surface area contributed by atoms with Gasteiger partial charge in [0.15, 0.2) is 0 Å². The quantitative estimate of drug-likeness (QED) is 0.857. The van der Waals surface area contributed by atoms with E-state index in [1.165, 1.54) is 5.56 Å². The van der Waals surface area contributed by atoms with Crippen LogP contribution in [0.15, 0.2) is 30.5 Å². The van der Waals surface area contributed by atoms with Gasteiger partial charge in [0.1, 0.15) is 12.4 Å². The molecule has 1 aromatic carbocycles. The van der Waals surface area contributed by atoms with Crippen LogP contribution < -0.4 is 10.1 Å². The summed E-state index contributed by atoms with van der Waals surface area (Å²) in [5.74, 6) is 0.880. The van der Waals surface area contributed by atoms with Gasteiger partial charge in [0.25, 0.3) is 0 Å². The maximum Gasteiger partial charge on any atom is 0.142 e. The van der Waals surface area contributed by atoms with Crippen LogP contribution >= 0.6 is 0 Å². The SMILES string of the molecule is Cc1ccc(NCc2ccn[nH]2)c(OCC2CCCO2)c1. The van der Waals surface area contributed by atoms with E-state index in [9.17, 15) is 0 Å². The second-order valence-corrected chi connectivity index (χ2v) is 5.38. The molecule has 1 saturated heterocycles. The van der Waals surface area contributed by atoms with Crippen molar-refractivity contribution in [1.82, 2.24) is 10.2 Å². The van der Waals surface area contributed by atoms with Gasteiger partial charge in [0, 0.05) is 12.8 Å². The number of rotatable bonds is 6. The zero-order valence-electron chi connectivity index (χ0n) is 12.3. The standard InChI is InChI=1S/C16H21N3O2/c1-12-4-5-15(17-10-13-6-7-18-19-13)16(9-12)21-11-14-3-2-8-20-14/h4-7,9,14,17H,2-3,8,10-11H2,1H3,(H,18,19). The second-order valence-electron chi connectivity index (χ2n) is 5.38. The molecule has 2 N–H and O–H groups in total. The Labute approximate surface area is 124 Å². The van der Waals surface area contributed by atoms with Crippen LogP contribution in [0.2, 0.25) is 0 Å². The number of H-pyrrole nitrogens is 1. The largest absolute Gasteiger partial charge is 0.489 e. The van der Waals surface area contributed by atoms with Crippen LogP contribution in [-0.2, 0) is 11.3 Å². The molecule has 2 heterocycles. The summed E-state index contributed by atoms with van der Waals surface area (Å²) in [7, 11) is 0. The van der Waals surface area contributed by atoms with Crippen LogP contribution in [0, 0.1) is 6.92 Å². The number of ether oxygens (including phenoxy) is 2. The van der Waals surface area contributed by atoms with Crippen molar-refractivity contribution in [1.29, 1.82) is 0 Å². The lowest BCUT2D eigenvalue weighted by atomic mass is 10.2. The van der Waals surface area contributed by atoms with Crippen LogP contribution in [0.1, 0.15) is 24.1 Å². The molecule has 5 nitrogen and oxygen atoms in total. The third-order valence-electron chi connectivity index (χ3n) is 3.61. The molecule has 0 aliphatic carbocycles. The van der Waals surface area contributed by atoms with Gasteiger partial charge in [-0.1, -0.05) is 6.07 Å². The van der Waals surface area contributed by atoms with Crippen LogP contribution in [0.3, 0.4) is 0 Å². The molecule has 1 fully saturated rings. The predicted octanol–water partition coefficient (Wildman–Crippen LogP) is 2.89. The lowest BCUT2D eigenvalue weighted by molar-refractivity contribution is 0.0682. The van der Waals surface area contributed by atoms with Gasteiger partial charge in [-0.3, -0.25) is 5.10 Å². The first-order valence-corrected chi connectivity index (χ1v) is 7.38. The summed E-state index contributed by atoms with van der Waals surface area (Å²) in [6.45, 7) is 4.23. The van der Waals surface area contributed by atoms with E-state index in [0.29, 0.717) is 13.2 Å². The zero-order chi connectivity index (χ0) is 14.5. The Hall–Kier alpha value is -2.01. The van der Waals surface area contributed by atoms with Gasteiger partial charge in [-0.15, -0.1) is 0 Å². The minimum absolute atomic E-state index is 0.228. The van der Waals surface area contributed by atoms with Crippen LogP contribution in [0.5, 0.6) is 5.75 Å². The molecule has 1 aliphatic rings. The molecule has 1 aliphatic heterocycles. The fourth-order valence-electron chi connectivity index (χ4n) is 2.43. The monoisotopic (exact) mass is 287 g/mol. The number of nitrogens with zero attached hydrogens (tertiary/aromatic N) is 1. The second kappa shape index (κ2) is 6.63. The van der Waals surface area contributed by atoms with E-state index in [0.717, 1.165) is 36.6 Å².